The van der Waals surface area contributed by atoms with Crippen molar-refractivity contribution in [2.24, 2.45) is 0 Å². The zero-order valence-electron chi connectivity index (χ0n) is 10.4. The van der Waals surface area contributed by atoms with Crippen molar-refractivity contribution in [1.29, 1.82) is 0 Å². The van der Waals surface area contributed by atoms with E-state index < -0.39 is 31.3 Å². The summed E-state index contributed by atoms with van der Waals surface area (Å²) in [4.78, 5) is 12.7. The molecule has 1 heterocycles. The lowest BCUT2D eigenvalue weighted by molar-refractivity contribution is -0.385. The van der Waals surface area contributed by atoms with Crippen LogP contribution >= 0.6 is 0 Å². The normalized spacial score (nSPS) is 11.1. The molecule has 0 amide bonds. The quantitative estimate of drug-likeness (QED) is 0.650. The van der Waals surface area contributed by atoms with Gasteiger partial charge in [0.1, 0.15) is 16.5 Å². The van der Waals surface area contributed by atoms with E-state index in [1.807, 2.05) is 0 Å². The minimum atomic E-state index is -4.32. The molecule has 1 aromatic heterocycles. The molecule has 0 radical (unpaired) electrons. The van der Waals surface area contributed by atoms with Gasteiger partial charge in [-0.25, -0.2) is 17.8 Å². The van der Waals surface area contributed by atoms with Gasteiger partial charge in [0.2, 0.25) is 0 Å². The Balaban J connectivity index is 2.41. The van der Waals surface area contributed by atoms with E-state index in [2.05, 4.69) is 9.71 Å². The van der Waals surface area contributed by atoms with Gasteiger partial charge in [0.05, 0.1) is 16.8 Å². The van der Waals surface area contributed by atoms with Gasteiger partial charge in [0.15, 0.2) is 0 Å². The average Bonchev–Trinajstić information content (AvgIpc) is 2.41. The van der Waals surface area contributed by atoms with Crippen molar-refractivity contribution in [2.45, 2.75) is 4.90 Å². The summed E-state index contributed by atoms with van der Waals surface area (Å²) >= 11 is 0. The highest BCUT2D eigenvalue weighted by molar-refractivity contribution is 7.92. The van der Waals surface area contributed by atoms with Crippen LogP contribution in [0.3, 0.4) is 0 Å². The molecule has 0 fully saturated rings. The lowest BCUT2D eigenvalue weighted by atomic mass is 10.3. The summed E-state index contributed by atoms with van der Waals surface area (Å²) in [5.41, 5.74) is 4.87. The molecule has 10 heteroatoms. The first-order valence-corrected chi connectivity index (χ1v) is 6.96. The van der Waals surface area contributed by atoms with E-state index >= 15 is 0 Å². The second-order valence-electron chi connectivity index (χ2n) is 3.95. The first kappa shape index (κ1) is 14.7. The van der Waals surface area contributed by atoms with Crippen LogP contribution in [0.15, 0.2) is 41.4 Å². The Morgan fingerprint density at radius 3 is 2.57 bits per heavy atom. The number of nitro benzene ring substituents is 1. The van der Waals surface area contributed by atoms with Crippen LogP contribution in [-0.2, 0) is 10.0 Å². The van der Waals surface area contributed by atoms with E-state index in [1.165, 1.54) is 12.1 Å². The molecular formula is C11H9FN4O4S. The zero-order chi connectivity index (χ0) is 15.6. The standard InChI is InChI=1S/C11H9FN4O4S/c12-9-3-2-8(16(17)18)5-10(9)21(19,20)15-7-1-4-11(13)14-6-7/h1-6,15H,(H2,13,14). The average molecular weight is 312 g/mol. The van der Waals surface area contributed by atoms with Gasteiger partial charge < -0.3 is 5.73 Å². The maximum atomic E-state index is 13.6. The molecule has 0 aliphatic carbocycles. The minimum absolute atomic E-state index is 0.0510. The van der Waals surface area contributed by atoms with E-state index in [0.29, 0.717) is 12.1 Å². The van der Waals surface area contributed by atoms with Crippen LogP contribution in [0.1, 0.15) is 0 Å². The van der Waals surface area contributed by atoms with E-state index in [0.717, 1.165) is 12.3 Å². The largest absolute Gasteiger partial charge is 0.384 e. The molecule has 0 spiro atoms. The predicted octanol–water partition coefficient (Wildman–Crippen LogP) is 1.51. The molecule has 3 N–H and O–H groups in total. The van der Waals surface area contributed by atoms with Crippen LogP contribution in [0.5, 0.6) is 0 Å². The molecule has 8 nitrogen and oxygen atoms in total. The molecule has 0 aliphatic heterocycles. The SMILES string of the molecule is Nc1ccc(NS(=O)(=O)c2cc([N+](=O)[O-])ccc2F)cn1. The summed E-state index contributed by atoms with van der Waals surface area (Å²) in [6.07, 6.45) is 1.14. The highest BCUT2D eigenvalue weighted by atomic mass is 32.2. The van der Waals surface area contributed by atoms with Gasteiger partial charge in [-0.3, -0.25) is 14.8 Å². The number of rotatable bonds is 4. The van der Waals surface area contributed by atoms with Crippen molar-refractivity contribution in [3.63, 3.8) is 0 Å². The number of hydrogen-bond acceptors (Lipinski definition) is 6. The maximum absolute atomic E-state index is 13.6. The number of pyridine rings is 1. The number of halogens is 1. The molecule has 110 valence electrons. The Morgan fingerprint density at radius 1 is 1.29 bits per heavy atom. The third kappa shape index (κ3) is 3.23. The van der Waals surface area contributed by atoms with Gasteiger partial charge >= 0.3 is 0 Å². The summed E-state index contributed by atoms with van der Waals surface area (Å²) in [5.74, 6) is -0.920. The Morgan fingerprint density at radius 2 is 2.00 bits per heavy atom. The fourth-order valence-corrected chi connectivity index (χ4v) is 2.63. The van der Waals surface area contributed by atoms with Crippen molar-refractivity contribution in [2.75, 3.05) is 10.5 Å². The number of anilines is 2. The number of benzene rings is 1. The Kier molecular flexibility index (Phi) is 3.72. The molecule has 0 unspecified atom stereocenters. The van der Waals surface area contributed by atoms with Crippen LogP contribution in [0.2, 0.25) is 0 Å². The second-order valence-corrected chi connectivity index (χ2v) is 5.60. The van der Waals surface area contributed by atoms with Gasteiger partial charge in [-0.2, -0.15) is 0 Å². The van der Waals surface area contributed by atoms with Gasteiger partial charge in [0.25, 0.3) is 15.7 Å². The molecule has 2 rings (SSSR count). The number of aromatic nitrogens is 1. The number of nitrogens with zero attached hydrogens (tertiary/aromatic N) is 2. The molecular weight excluding hydrogens is 303 g/mol. The zero-order valence-corrected chi connectivity index (χ0v) is 11.2. The Hall–Kier alpha value is -2.75. The highest BCUT2D eigenvalue weighted by Crippen LogP contribution is 2.23. The van der Waals surface area contributed by atoms with Gasteiger partial charge in [-0.15, -0.1) is 0 Å². The summed E-state index contributed by atoms with van der Waals surface area (Å²) in [7, 11) is -4.32. The van der Waals surface area contributed by atoms with Crippen LogP contribution in [0.4, 0.5) is 21.6 Å². The molecule has 0 saturated carbocycles. The van der Waals surface area contributed by atoms with Crippen LogP contribution < -0.4 is 10.5 Å². The summed E-state index contributed by atoms with van der Waals surface area (Å²) in [6, 6.07) is 4.91. The molecule has 0 bridgehead atoms. The topological polar surface area (TPSA) is 128 Å². The maximum Gasteiger partial charge on any atom is 0.271 e. The predicted molar refractivity (Wildman–Crippen MR) is 72.5 cm³/mol. The number of nitrogens with two attached hydrogens (primary N) is 1. The fraction of sp³-hybridized carbons (Fsp3) is 0. The number of sulfonamides is 1. The second kappa shape index (κ2) is 5.32. The van der Waals surface area contributed by atoms with E-state index in [-0.39, 0.29) is 11.5 Å². The van der Waals surface area contributed by atoms with Gasteiger partial charge in [0, 0.05) is 12.1 Å². The first-order chi connectivity index (χ1) is 9.79. The van der Waals surface area contributed by atoms with Gasteiger partial charge in [-0.1, -0.05) is 0 Å². The number of non-ortho nitro benzene ring substituents is 1. The van der Waals surface area contributed by atoms with Gasteiger partial charge in [-0.05, 0) is 18.2 Å². The van der Waals surface area contributed by atoms with Crippen molar-refractivity contribution >= 4 is 27.2 Å². The van der Waals surface area contributed by atoms with Crippen LogP contribution in [0, 0.1) is 15.9 Å². The summed E-state index contributed by atoms with van der Waals surface area (Å²) < 4.78 is 39.8. The number of nitrogen functional groups attached to an aromatic ring is 1. The molecule has 0 aliphatic rings. The Bertz CT molecular complexity index is 792. The number of nitro groups is 1. The van der Waals surface area contributed by atoms with Crippen molar-refractivity contribution in [1.82, 2.24) is 4.98 Å². The lowest BCUT2D eigenvalue weighted by Gasteiger charge is -2.08. The van der Waals surface area contributed by atoms with Crippen LogP contribution in [-0.4, -0.2) is 18.3 Å². The van der Waals surface area contributed by atoms with Crippen molar-refractivity contribution in [3.05, 3.63) is 52.5 Å². The fourth-order valence-electron chi connectivity index (χ4n) is 1.49. The summed E-state index contributed by atoms with van der Waals surface area (Å²) in [6.45, 7) is 0. The molecule has 0 saturated heterocycles. The van der Waals surface area contributed by atoms with E-state index in [4.69, 9.17) is 5.73 Å². The molecule has 1 aromatic carbocycles. The van der Waals surface area contributed by atoms with E-state index in [9.17, 15) is 22.9 Å². The molecule has 21 heavy (non-hydrogen) atoms. The minimum Gasteiger partial charge on any atom is -0.384 e. The van der Waals surface area contributed by atoms with E-state index in [1.54, 1.807) is 0 Å². The number of hydrogen-bond donors (Lipinski definition) is 2. The van der Waals surface area contributed by atoms with Crippen LogP contribution in [0.25, 0.3) is 0 Å². The van der Waals surface area contributed by atoms with Crippen molar-refractivity contribution in [3.8, 4) is 0 Å². The highest BCUT2D eigenvalue weighted by Gasteiger charge is 2.22. The lowest BCUT2D eigenvalue weighted by Crippen LogP contribution is -2.15. The number of nitrogens with one attached hydrogen (secondary N) is 1. The smallest absolute Gasteiger partial charge is 0.271 e. The molecule has 2 aromatic rings. The Labute approximate surface area is 118 Å². The first-order valence-electron chi connectivity index (χ1n) is 5.48. The van der Waals surface area contributed by atoms with Crippen molar-refractivity contribution < 1.29 is 17.7 Å². The third-order valence-corrected chi connectivity index (χ3v) is 3.85. The summed E-state index contributed by atoms with van der Waals surface area (Å²) in [5, 5.41) is 10.6. The molecule has 0 atom stereocenters. The monoisotopic (exact) mass is 312 g/mol. The third-order valence-electron chi connectivity index (χ3n) is 2.45.